The third kappa shape index (κ3) is 8.08. The number of guanidine groups is 1. The van der Waals surface area contributed by atoms with Crippen LogP contribution in [-0.2, 0) is 17.8 Å². The summed E-state index contributed by atoms with van der Waals surface area (Å²) in [6, 6.07) is 8.84. The number of piperazine rings is 2. The Morgan fingerprint density at radius 2 is 1.53 bits per heavy atom. The van der Waals surface area contributed by atoms with Gasteiger partial charge in [0, 0.05) is 65.4 Å². The number of hydrogen-bond acceptors (Lipinski definition) is 5. The molecule has 2 heterocycles. The van der Waals surface area contributed by atoms with Gasteiger partial charge in [-0.15, -0.1) is 24.0 Å². The molecule has 2 aliphatic heterocycles. The van der Waals surface area contributed by atoms with Gasteiger partial charge in [-0.25, -0.2) is 9.79 Å². The summed E-state index contributed by atoms with van der Waals surface area (Å²) in [5.74, 6) is 0.910. The summed E-state index contributed by atoms with van der Waals surface area (Å²) >= 11 is 0. The number of carbonyl (C=O) groups is 1. The van der Waals surface area contributed by atoms with Crippen molar-refractivity contribution in [3.63, 3.8) is 0 Å². The topological polar surface area (TPSA) is 63.7 Å². The summed E-state index contributed by atoms with van der Waals surface area (Å²) in [4.78, 5) is 25.7. The van der Waals surface area contributed by atoms with Gasteiger partial charge in [0.1, 0.15) is 0 Å². The first-order chi connectivity index (χ1) is 15.1. The van der Waals surface area contributed by atoms with Crippen LogP contribution >= 0.6 is 24.0 Å². The fourth-order valence-corrected chi connectivity index (χ4v) is 3.92. The van der Waals surface area contributed by atoms with Gasteiger partial charge in [0.05, 0.1) is 13.2 Å². The standard InChI is InChI=1S/C23H38N6O2.HI/c1-4-24-22(28-14-16-29(17-15-28)23(30)31-5-2)25-18-20-6-8-21(9-7-20)19-27-12-10-26(3)11-13-27;/h6-9H,4-5,10-19H2,1-3H3,(H,24,25);1H. The monoisotopic (exact) mass is 558 g/mol. The lowest BCUT2D eigenvalue weighted by Crippen LogP contribution is -2.53. The van der Waals surface area contributed by atoms with Gasteiger partial charge in [-0.05, 0) is 32.0 Å². The maximum Gasteiger partial charge on any atom is 0.409 e. The predicted molar refractivity (Wildman–Crippen MR) is 140 cm³/mol. The molecular weight excluding hydrogens is 519 g/mol. The second kappa shape index (κ2) is 13.8. The van der Waals surface area contributed by atoms with Crippen LogP contribution in [0.25, 0.3) is 0 Å². The number of aliphatic imine (C=N–C) groups is 1. The van der Waals surface area contributed by atoms with Crippen molar-refractivity contribution in [1.29, 1.82) is 0 Å². The number of carbonyl (C=O) groups excluding carboxylic acids is 1. The Hall–Kier alpha value is -1.59. The van der Waals surface area contributed by atoms with Crippen LogP contribution in [0, 0.1) is 0 Å². The highest BCUT2D eigenvalue weighted by Gasteiger charge is 2.23. The minimum atomic E-state index is -0.222. The molecule has 0 aliphatic carbocycles. The number of halogens is 1. The first kappa shape index (κ1) is 26.7. The van der Waals surface area contributed by atoms with Crippen molar-refractivity contribution in [2.45, 2.75) is 26.9 Å². The molecule has 2 saturated heterocycles. The average molecular weight is 559 g/mol. The van der Waals surface area contributed by atoms with E-state index in [1.807, 2.05) is 6.92 Å². The summed E-state index contributed by atoms with van der Waals surface area (Å²) in [5.41, 5.74) is 2.57. The molecule has 180 valence electrons. The van der Waals surface area contributed by atoms with E-state index >= 15 is 0 Å². The summed E-state index contributed by atoms with van der Waals surface area (Å²) in [6.45, 7) is 14.2. The van der Waals surface area contributed by atoms with Crippen molar-refractivity contribution < 1.29 is 9.53 Å². The third-order valence-corrected chi connectivity index (χ3v) is 5.88. The fourth-order valence-electron chi connectivity index (χ4n) is 3.92. The number of rotatable bonds is 6. The van der Waals surface area contributed by atoms with Gasteiger partial charge in [-0.3, -0.25) is 4.90 Å². The van der Waals surface area contributed by atoms with E-state index in [-0.39, 0.29) is 30.1 Å². The van der Waals surface area contributed by atoms with Gasteiger partial charge in [-0.1, -0.05) is 24.3 Å². The van der Waals surface area contributed by atoms with Crippen LogP contribution in [0.5, 0.6) is 0 Å². The lowest BCUT2D eigenvalue weighted by molar-refractivity contribution is 0.0914. The summed E-state index contributed by atoms with van der Waals surface area (Å²) in [6.07, 6.45) is -0.222. The Morgan fingerprint density at radius 1 is 0.938 bits per heavy atom. The quantitative estimate of drug-likeness (QED) is 0.329. The van der Waals surface area contributed by atoms with Crippen LogP contribution in [-0.4, -0.2) is 104 Å². The molecule has 3 rings (SSSR count). The third-order valence-electron chi connectivity index (χ3n) is 5.88. The lowest BCUT2D eigenvalue weighted by atomic mass is 10.1. The van der Waals surface area contributed by atoms with Gasteiger partial charge in [0.25, 0.3) is 0 Å². The number of likely N-dealkylation sites (N-methyl/N-ethyl adjacent to an activating group) is 1. The summed E-state index contributed by atoms with van der Waals surface area (Å²) in [5, 5.41) is 3.39. The Labute approximate surface area is 210 Å². The molecule has 2 fully saturated rings. The zero-order chi connectivity index (χ0) is 22.1. The molecule has 0 saturated carbocycles. The molecule has 32 heavy (non-hydrogen) atoms. The van der Waals surface area contributed by atoms with E-state index in [4.69, 9.17) is 9.73 Å². The number of hydrogen-bond donors (Lipinski definition) is 1. The van der Waals surface area contributed by atoms with Crippen LogP contribution in [0.1, 0.15) is 25.0 Å². The molecule has 1 N–H and O–H groups in total. The molecule has 8 nitrogen and oxygen atoms in total. The minimum Gasteiger partial charge on any atom is -0.450 e. The number of benzene rings is 1. The van der Waals surface area contributed by atoms with Crippen molar-refractivity contribution in [3.05, 3.63) is 35.4 Å². The van der Waals surface area contributed by atoms with E-state index < -0.39 is 0 Å². The van der Waals surface area contributed by atoms with Gasteiger partial charge >= 0.3 is 6.09 Å². The molecule has 0 spiro atoms. The van der Waals surface area contributed by atoms with E-state index in [9.17, 15) is 4.79 Å². The highest BCUT2D eigenvalue weighted by atomic mass is 127. The second-order valence-electron chi connectivity index (χ2n) is 8.24. The highest BCUT2D eigenvalue weighted by molar-refractivity contribution is 14.0. The minimum absolute atomic E-state index is 0. The molecule has 9 heteroatoms. The Morgan fingerprint density at radius 3 is 2.12 bits per heavy atom. The summed E-state index contributed by atoms with van der Waals surface area (Å²) < 4.78 is 5.11. The van der Waals surface area contributed by atoms with E-state index in [0.29, 0.717) is 26.2 Å². The van der Waals surface area contributed by atoms with Gasteiger partial charge in [0.15, 0.2) is 5.96 Å². The first-order valence-electron chi connectivity index (χ1n) is 11.5. The maximum absolute atomic E-state index is 11.9. The summed E-state index contributed by atoms with van der Waals surface area (Å²) in [7, 11) is 2.19. The van der Waals surface area contributed by atoms with E-state index in [1.54, 1.807) is 4.90 Å². The fraction of sp³-hybridized carbons (Fsp3) is 0.652. The smallest absolute Gasteiger partial charge is 0.409 e. The van der Waals surface area contributed by atoms with Crippen LogP contribution in [0.4, 0.5) is 4.79 Å². The first-order valence-corrected chi connectivity index (χ1v) is 11.5. The molecule has 0 radical (unpaired) electrons. The van der Waals surface area contributed by atoms with E-state index in [0.717, 1.165) is 58.3 Å². The normalized spacial score (nSPS) is 18.3. The van der Waals surface area contributed by atoms with Crippen LogP contribution in [0.3, 0.4) is 0 Å². The SMILES string of the molecule is CCNC(=NCc1ccc(CN2CCN(C)CC2)cc1)N1CCN(C(=O)OCC)CC1.I. The van der Waals surface area contributed by atoms with Crippen molar-refractivity contribution in [2.24, 2.45) is 4.99 Å². The van der Waals surface area contributed by atoms with Crippen LogP contribution in [0.15, 0.2) is 29.3 Å². The highest BCUT2D eigenvalue weighted by Crippen LogP contribution is 2.11. The molecule has 1 aromatic carbocycles. The second-order valence-corrected chi connectivity index (χ2v) is 8.24. The van der Waals surface area contributed by atoms with Crippen molar-refractivity contribution in [1.82, 2.24) is 24.9 Å². The van der Waals surface area contributed by atoms with Crippen LogP contribution < -0.4 is 5.32 Å². The van der Waals surface area contributed by atoms with Gasteiger partial charge in [-0.2, -0.15) is 0 Å². The number of amides is 1. The van der Waals surface area contributed by atoms with Crippen molar-refractivity contribution in [3.8, 4) is 0 Å². The molecule has 1 amide bonds. The molecule has 1 aromatic rings. The Bertz CT molecular complexity index is 714. The average Bonchev–Trinajstić information content (AvgIpc) is 2.79. The molecule has 2 aliphatic rings. The number of nitrogens with zero attached hydrogens (tertiary/aromatic N) is 5. The number of ether oxygens (including phenoxy) is 1. The Balaban J connectivity index is 0.00000363. The molecule has 0 bridgehead atoms. The van der Waals surface area contributed by atoms with Crippen molar-refractivity contribution >= 4 is 36.0 Å². The predicted octanol–water partition coefficient (Wildman–Crippen LogP) is 2.29. The molecule has 0 unspecified atom stereocenters. The van der Waals surface area contributed by atoms with Gasteiger partial charge < -0.3 is 24.8 Å². The zero-order valence-corrected chi connectivity index (χ0v) is 22.1. The molecular formula is C23H39IN6O2. The number of nitrogens with one attached hydrogen (secondary N) is 1. The zero-order valence-electron chi connectivity index (χ0n) is 19.8. The molecule has 0 atom stereocenters. The van der Waals surface area contributed by atoms with E-state index in [2.05, 4.69) is 58.3 Å². The van der Waals surface area contributed by atoms with Crippen LogP contribution in [0.2, 0.25) is 0 Å². The largest absolute Gasteiger partial charge is 0.450 e. The molecule has 0 aromatic heterocycles. The van der Waals surface area contributed by atoms with E-state index in [1.165, 1.54) is 11.1 Å². The lowest BCUT2D eigenvalue weighted by Gasteiger charge is -2.35. The van der Waals surface area contributed by atoms with Crippen molar-refractivity contribution in [2.75, 3.05) is 72.6 Å². The maximum atomic E-state index is 11.9. The van der Waals surface area contributed by atoms with Gasteiger partial charge in [0.2, 0.25) is 0 Å². The Kier molecular flexibility index (Phi) is 11.5.